The summed E-state index contributed by atoms with van der Waals surface area (Å²) in [7, 11) is 0. The molecule has 0 unspecified atom stereocenters. The Labute approximate surface area is 198 Å². The van der Waals surface area contributed by atoms with Gasteiger partial charge in [0.25, 0.3) is 0 Å². The zero-order valence-electron chi connectivity index (χ0n) is 19.7. The minimum Gasteiger partial charge on any atom is -0.462 e. The van der Waals surface area contributed by atoms with Gasteiger partial charge in [0, 0.05) is 0 Å². The van der Waals surface area contributed by atoms with Crippen LogP contribution in [0.3, 0.4) is 0 Å². The van der Waals surface area contributed by atoms with E-state index in [1.807, 2.05) is 0 Å². The molecule has 0 atom stereocenters. The van der Waals surface area contributed by atoms with Gasteiger partial charge in [-0.15, -0.1) is 0 Å². The molecule has 0 aliphatic heterocycles. The van der Waals surface area contributed by atoms with Crippen molar-refractivity contribution < 1.29 is 41.0 Å². The van der Waals surface area contributed by atoms with Gasteiger partial charge in [-0.25, -0.2) is 9.59 Å². The third kappa shape index (κ3) is 11.8. The second-order valence-electron chi connectivity index (χ2n) is 8.38. The largest absolute Gasteiger partial charge is 0.462 e. The van der Waals surface area contributed by atoms with Crippen molar-refractivity contribution in [2.24, 2.45) is 0 Å². The minimum atomic E-state index is -5.81. The number of benzene rings is 1. The molecule has 1 aromatic rings. The minimum absolute atomic E-state index is 0.135. The van der Waals surface area contributed by atoms with Crippen molar-refractivity contribution in [2.45, 2.75) is 96.1 Å². The molecule has 4 nitrogen and oxygen atoms in total. The van der Waals surface area contributed by atoms with E-state index in [4.69, 9.17) is 4.74 Å². The molecule has 0 radical (unpaired) electrons. The Morgan fingerprint density at radius 1 is 0.647 bits per heavy atom. The predicted octanol–water partition coefficient (Wildman–Crippen LogP) is 7.90. The molecule has 0 saturated carbocycles. The highest BCUT2D eigenvalue weighted by Crippen LogP contribution is 2.35. The lowest BCUT2D eigenvalue weighted by molar-refractivity contribution is -0.292. The molecule has 0 bridgehead atoms. The van der Waals surface area contributed by atoms with Crippen LogP contribution < -0.4 is 0 Å². The molecule has 1 rings (SSSR count). The highest BCUT2D eigenvalue weighted by Gasteiger charge is 2.58. The van der Waals surface area contributed by atoms with Crippen molar-refractivity contribution in [1.82, 2.24) is 0 Å². The molecule has 0 aromatic heterocycles. The number of hydrogen-bond acceptors (Lipinski definition) is 4. The van der Waals surface area contributed by atoms with Crippen LogP contribution in [0.25, 0.3) is 0 Å². The first kappa shape index (κ1) is 29.8. The first-order valence-electron chi connectivity index (χ1n) is 12.0. The Hall–Kier alpha value is -2.19. The molecule has 0 fully saturated rings. The first-order chi connectivity index (χ1) is 16.1. The molecular weight excluding hydrogens is 459 g/mol. The summed E-state index contributed by atoms with van der Waals surface area (Å²) in [4.78, 5) is 23.7. The Kier molecular flexibility index (Phi) is 13.7. The number of halogens is 5. The van der Waals surface area contributed by atoms with E-state index in [0.717, 1.165) is 37.8 Å². The zero-order chi connectivity index (χ0) is 25.5. The summed E-state index contributed by atoms with van der Waals surface area (Å²) in [5.41, 5.74) is -0.119. The molecule has 0 heterocycles. The second kappa shape index (κ2) is 15.7. The van der Waals surface area contributed by atoms with E-state index in [-0.39, 0.29) is 17.7 Å². The fourth-order valence-corrected chi connectivity index (χ4v) is 3.25. The second-order valence-corrected chi connectivity index (χ2v) is 8.38. The molecule has 0 spiro atoms. The molecule has 34 heavy (non-hydrogen) atoms. The maximum absolute atomic E-state index is 12.8. The van der Waals surface area contributed by atoms with E-state index in [2.05, 4.69) is 11.7 Å². The van der Waals surface area contributed by atoms with Gasteiger partial charge in [-0.1, -0.05) is 77.6 Å². The van der Waals surface area contributed by atoms with E-state index in [0.29, 0.717) is 0 Å². The fraction of sp³-hybridized carbons (Fsp3) is 0.680. The maximum atomic E-state index is 12.8. The Balaban J connectivity index is 2.18. The average Bonchev–Trinajstić information content (AvgIpc) is 2.79. The monoisotopic (exact) mass is 494 g/mol. The lowest BCUT2D eigenvalue weighted by Crippen LogP contribution is -2.41. The van der Waals surface area contributed by atoms with Crippen LogP contribution in [0, 0.1) is 0 Å². The van der Waals surface area contributed by atoms with Crippen LogP contribution >= 0.6 is 0 Å². The normalized spacial score (nSPS) is 11.9. The Morgan fingerprint density at radius 3 is 1.44 bits per heavy atom. The third-order valence-corrected chi connectivity index (χ3v) is 5.39. The summed E-state index contributed by atoms with van der Waals surface area (Å²) in [6.45, 7) is 0.356. The zero-order valence-corrected chi connectivity index (χ0v) is 19.7. The lowest BCUT2D eigenvalue weighted by atomic mass is 10.1. The van der Waals surface area contributed by atoms with Crippen LogP contribution in [0.15, 0.2) is 24.3 Å². The smallest absolute Gasteiger partial charge is 0.456 e. The van der Waals surface area contributed by atoms with Gasteiger partial charge in [0.15, 0.2) is 6.61 Å². The average molecular weight is 495 g/mol. The van der Waals surface area contributed by atoms with Crippen molar-refractivity contribution in [1.29, 1.82) is 0 Å². The number of esters is 2. The molecule has 0 N–H and O–H groups in total. The number of unbranched alkanes of at least 4 members (excludes halogenated alkanes) is 11. The molecule has 0 aliphatic rings. The third-order valence-electron chi connectivity index (χ3n) is 5.39. The van der Waals surface area contributed by atoms with E-state index in [1.165, 1.54) is 63.5 Å². The SMILES string of the molecule is CCCCCCCCCCCCCCOC(=O)c1ccc(C(=O)OCC(F)(F)C(F)(F)F)cc1. The molecule has 0 aliphatic carbocycles. The summed E-state index contributed by atoms with van der Waals surface area (Å²) in [6, 6.07) is 4.66. The molecule has 9 heteroatoms. The van der Waals surface area contributed by atoms with Gasteiger partial charge < -0.3 is 9.47 Å². The summed E-state index contributed by atoms with van der Waals surface area (Å²) in [5.74, 6) is -7.09. The Bertz CT molecular complexity index is 717. The van der Waals surface area contributed by atoms with E-state index >= 15 is 0 Å². The molecular formula is C25H35F5O4. The highest BCUT2D eigenvalue weighted by atomic mass is 19.4. The number of ether oxygens (including phenoxy) is 2. The van der Waals surface area contributed by atoms with E-state index < -0.39 is 30.6 Å². The van der Waals surface area contributed by atoms with Crippen LogP contribution in [0.5, 0.6) is 0 Å². The predicted molar refractivity (Wildman–Crippen MR) is 119 cm³/mol. The molecule has 1 aromatic carbocycles. The molecule has 0 amide bonds. The first-order valence-corrected chi connectivity index (χ1v) is 12.0. The van der Waals surface area contributed by atoms with Gasteiger partial charge in [0.1, 0.15) is 0 Å². The summed E-state index contributed by atoms with van der Waals surface area (Å²) in [6.07, 6.45) is 8.45. The van der Waals surface area contributed by atoms with Gasteiger partial charge in [-0.05, 0) is 30.7 Å². The number of carbonyl (C=O) groups is 2. The number of alkyl halides is 5. The quantitative estimate of drug-likeness (QED) is 0.125. The summed E-state index contributed by atoms with van der Waals surface area (Å²) in [5, 5.41) is 0. The van der Waals surface area contributed by atoms with Crippen LogP contribution in [0.1, 0.15) is 105 Å². The van der Waals surface area contributed by atoms with Gasteiger partial charge in [-0.3, -0.25) is 0 Å². The van der Waals surface area contributed by atoms with Crippen LogP contribution in [0.2, 0.25) is 0 Å². The standard InChI is InChI=1S/C25H35F5O4/c1-2-3-4-5-6-7-8-9-10-11-12-13-18-33-22(31)20-14-16-21(17-15-20)23(32)34-19-24(26,27)25(28,29)30/h14-17H,2-13,18-19H2,1H3. The van der Waals surface area contributed by atoms with Crippen molar-refractivity contribution in [3.05, 3.63) is 35.4 Å². The van der Waals surface area contributed by atoms with E-state index in [9.17, 15) is 31.5 Å². The summed E-state index contributed by atoms with van der Waals surface area (Å²) >= 11 is 0. The molecule has 194 valence electrons. The summed E-state index contributed by atoms with van der Waals surface area (Å²) < 4.78 is 71.2. The number of carbonyl (C=O) groups excluding carboxylic acids is 2. The maximum Gasteiger partial charge on any atom is 0.456 e. The van der Waals surface area contributed by atoms with Gasteiger partial charge in [-0.2, -0.15) is 22.0 Å². The van der Waals surface area contributed by atoms with Crippen LogP contribution in [0.4, 0.5) is 22.0 Å². The van der Waals surface area contributed by atoms with Crippen molar-refractivity contribution >= 4 is 11.9 Å². The fourth-order valence-electron chi connectivity index (χ4n) is 3.25. The van der Waals surface area contributed by atoms with Crippen molar-refractivity contribution in [3.8, 4) is 0 Å². The van der Waals surface area contributed by atoms with Gasteiger partial charge >= 0.3 is 24.0 Å². The van der Waals surface area contributed by atoms with Crippen molar-refractivity contribution in [3.63, 3.8) is 0 Å². The topological polar surface area (TPSA) is 52.6 Å². The van der Waals surface area contributed by atoms with Crippen LogP contribution in [-0.2, 0) is 9.47 Å². The lowest BCUT2D eigenvalue weighted by Gasteiger charge is -2.19. The van der Waals surface area contributed by atoms with E-state index in [1.54, 1.807) is 0 Å². The molecule has 0 saturated heterocycles. The van der Waals surface area contributed by atoms with Gasteiger partial charge in [0.05, 0.1) is 17.7 Å². The van der Waals surface area contributed by atoms with Crippen molar-refractivity contribution in [2.75, 3.05) is 13.2 Å². The van der Waals surface area contributed by atoms with Gasteiger partial charge in [0.2, 0.25) is 0 Å². The number of rotatable bonds is 17. The highest BCUT2D eigenvalue weighted by molar-refractivity contribution is 5.93. The number of hydrogen-bond donors (Lipinski definition) is 0. The Morgan fingerprint density at radius 2 is 1.03 bits per heavy atom. The van der Waals surface area contributed by atoms with Crippen LogP contribution in [-0.4, -0.2) is 37.3 Å².